The number of hydrogen-bond donors (Lipinski definition) is 0. The summed E-state index contributed by atoms with van der Waals surface area (Å²) in [6.07, 6.45) is 0.416. The Labute approximate surface area is 117 Å². The van der Waals surface area contributed by atoms with Gasteiger partial charge in [-0.15, -0.1) is 0 Å². The predicted molar refractivity (Wildman–Crippen MR) is 77.0 cm³/mol. The highest BCUT2D eigenvalue weighted by Gasteiger charge is 2.19. The molecule has 0 aliphatic carbocycles. The summed E-state index contributed by atoms with van der Waals surface area (Å²) in [6.45, 7) is 5.72. The first-order valence-corrected chi connectivity index (χ1v) is 8.10. The van der Waals surface area contributed by atoms with E-state index in [4.69, 9.17) is 4.18 Å². The molecule has 0 fully saturated rings. The largest absolute Gasteiger partial charge is 0.297 e. The van der Waals surface area contributed by atoms with Gasteiger partial charge in [-0.3, -0.25) is 4.18 Å². The molecule has 0 spiro atoms. The maximum absolute atomic E-state index is 11.9. The molecule has 17 heavy (non-hydrogen) atoms. The lowest BCUT2D eigenvalue weighted by atomic mass is 10.2. The lowest BCUT2D eigenvalue weighted by Crippen LogP contribution is -2.18. The van der Waals surface area contributed by atoms with Gasteiger partial charge in [0.2, 0.25) is 0 Å². The number of hydrogen-bond acceptors (Lipinski definition) is 3. The average Bonchev–Trinajstić information content (AvgIpc) is 2.15. The van der Waals surface area contributed by atoms with Crippen molar-refractivity contribution in [2.24, 2.45) is 0 Å². The highest BCUT2D eigenvalue weighted by molar-refractivity contribution is 14.1. The standard InChI is InChI=1S/C12H17IO3S/c1-9-4-6-12(7-5-9)17(14,15)16-11(3)8-10(2)13/h4-7,10-11H,8H2,1-3H3. The number of aryl methyl sites for hydroxylation is 1. The highest BCUT2D eigenvalue weighted by Crippen LogP contribution is 2.18. The van der Waals surface area contributed by atoms with E-state index in [1.54, 1.807) is 31.2 Å². The summed E-state index contributed by atoms with van der Waals surface area (Å²) in [5.74, 6) is 0. The van der Waals surface area contributed by atoms with E-state index in [0.29, 0.717) is 10.3 Å². The van der Waals surface area contributed by atoms with Crippen LogP contribution in [0.5, 0.6) is 0 Å². The van der Waals surface area contributed by atoms with Crippen molar-refractivity contribution in [3.8, 4) is 0 Å². The summed E-state index contributed by atoms with van der Waals surface area (Å²) in [5.41, 5.74) is 1.03. The minimum atomic E-state index is -3.63. The van der Waals surface area contributed by atoms with Gasteiger partial charge in [0.15, 0.2) is 0 Å². The van der Waals surface area contributed by atoms with Crippen LogP contribution in [0.1, 0.15) is 25.8 Å². The molecule has 5 heteroatoms. The molecule has 0 aromatic heterocycles. The van der Waals surface area contributed by atoms with Crippen LogP contribution >= 0.6 is 22.6 Å². The Morgan fingerprint density at radius 3 is 2.24 bits per heavy atom. The first kappa shape index (κ1) is 14.9. The van der Waals surface area contributed by atoms with Crippen LogP contribution < -0.4 is 0 Å². The molecular formula is C12H17IO3S. The van der Waals surface area contributed by atoms with Crippen molar-refractivity contribution in [1.29, 1.82) is 0 Å². The lowest BCUT2D eigenvalue weighted by molar-refractivity contribution is 0.220. The van der Waals surface area contributed by atoms with Crippen LogP contribution in [-0.4, -0.2) is 18.4 Å². The van der Waals surface area contributed by atoms with Crippen molar-refractivity contribution >= 4 is 32.7 Å². The molecule has 2 atom stereocenters. The van der Waals surface area contributed by atoms with E-state index in [9.17, 15) is 8.42 Å². The minimum Gasteiger partial charge on any atom is -0.263 e. The molecule has 3 nitrogen and oxygen atoms in total. The van der Waals surface area contributed by atoms with E-state index >= 15 is 0 Å². The SMILES string of the molecule is Cc1ccc(S(=O)(=O)OC(C)CC(C)I)cc1. The summed E-state index contributed by atoms with van der Waals surface area (Å²) in [7, 11) is -3.63. The molecule has 0 amide bonds. The second-order valence-corrected chi connectivity index (χ2v) is 7.89. The van der Waals surface area contributed by atoms with Gasteiger partial charge in [0, 0.05) is 3.92 Å². The molecule has 2 unspecified atom stereocenters. The van der Waals surface area contributed by atoms with E-state index in [-0.39, 0.29) is 11.0 Å². The van der Waals surface area contributed by atoms with Gasteiger partial charge in [-0.05, 0) is 32.4 Å². The van der Waals surface area contributed by atoms with E-state index in [0.717, 1.165) is 5.56 Å². The van der Waals surface area contributed by atoms with E-state index in [1.165, 1.54) is 0 Å². The summed E-state index contributed by atoms with van der Waals surface area (Å²) < 4.78 is 29.3. The quantitative estimate of drug-likeness (QED) is 0.455. The second kappa shape index (κ2) is 6.15. The monoisotopic (exact) mass is 368 g/mol. The number of alkyl halides is 1. The van der Waals surface area contributed by atoms with Gasteiger partial charge in [0.25, 0.3) is 10.1 Å². The smallest absolute Gasteiger partial charge is 0.263 e. The third-order valence-electron chi connectivity index (χ3n) is 2.26. The van der Waals surface area contributed by atoms with Gasteiger partial charge >= 0.3 is 0 Å². The molecule has 1 aromatic carbocycles. The van der Waals surface area contributed by atoms with Gasteiger partial charge in [0.1, 0.15) is 0 Å². The fourth-order valence-corrected chi connectivity index (χ4v) is 3.28. The first-order chi connectivity index (χ1) is 7.81. The van der Waals surface area contributed by atoms with Crippen molar-refractivity contribution in [3.05, 3.63) is 29.8 Å². The van der Waals surface area contributed by atoms with Gasteiger partial charge in [-0.1, -0.05) is 47.2 Å². The van der Waals surface area contributed by atoms with Crippen molar-refractivity contribution < 1.29 is 12.6 Å². The van der Waals surface area contributed by atoms with Crippen molar-refractivity contribution in [2.45, 2.75) is 42.1 Å². The summed E-state index contributed by atoms with van der Waals surface area (Å²) >= 11 is 2.25. The van der Waals surface area contributed by atoms with Gasteiger partial charge in [-0.2, -0.15) is 8.42 Å². The Bertz CT molecular complexity index is 451. The fraction of sp³-hybridized carbons (Fsp3) is 0.500. The van der Waals surface area contributed by atoms with Crippen LogP contribution in [-0.2, 0) is 14.3 Å². The Morgan fingerprint density at radius 1 is 1.24 bits per heavy atom. The minimum absolute atomic E-state index is 0.219. The zero-order chi connectivity index (χ0) is 13.1. The normalized spacial score (nSPS) is 15.5. The van der Waals surface area contributed by atoms with E-state index < -0.39 is 10.1 Å². The molecular weight excluding hydrogens is 351 g/mol. The zero-order valence-electron chi connectivity index (χ0n) is 10.2. The molecule has 1 rings (SSSR count). The Kier molecular flexibility index (Phi) is 5.40. The first-order valence-electron chi connectivity index (χ1n) is 5.45. The van der Waals surface area contributed by atoms with Crippen molar-refractivity contribution in [2.75, 3.05) is 0 Å². The number of halogens is 1. The lowest BCUT2D eigenvalue weighted by Gasteiger charge is -2.14. The molecule has 0 aliphatic rings. The van der Waals surface area contributed by atoms with E-state index in [1.807, 2.05) is 13.8 Å². The van der Waals surface area contributed by atoms with Gasteiger partial charge in [0.05, 0.1) is 11.0 Å². The molecule has 0 heterocycles. The third-order valence-corrected chi connectivity index (χ3v) is 4.20. The number of rotatable bonds is 5. The maximum atomic E-state index is 11.9. The molecule has 96 valence electrons. The van der Waals surface area contributed by atoms with Gasteiger partial charge < -0.3 is 0 Å². The van der Waals surface area contributed by atoms with Crippen LogP contribution in [0.15, 0.2) is 29.2 Å². The van der Waals surface area contributed by atoms with Crippen LogP contribution in [0.25, 0.3) is 0 Å². The Balaban J connectivity index is 2.78. The molecule has 1 aromatic rings. The summed E-state index contributed by atoms with van der Waals surface area (Å²) in [5, 5.41) is 0. The Hall–Kier alpha value is -0.140. The van der Waals surface area contributed by atoms with E-state index in [2.05, 4.69) is 22.6 Å². The summed E-state index contributed by atoms with van der Waals surface area (Å²) in [6, 6.07) is 6.68. The second-order valence-electron chi connectivity index (χ2n) is 4.19. The third kappa shape index (κ3) is 4.93. The van der Waals surface area contributed by atoms with Crippen LogP contribution in [0.3, 0.4) is 0 Å². The van der Waals surface area contributed by atoms with Gasteiger partial charge in [-0.25, -0.2) is 0 Å². The topological polar surface area (TPSA) is 43.4 Å². The predicted octanol–water partition coefficient (Wildman–Crippen LogP) is 3.30. The molecule has 0 aliphatic heterocycles. The molecule has 0 N–H and O–H groups in total. The van der Waals surface area contributed by atoms with Crippen LogP contribution in [0, 0.1) is 6.92 Å². The average molecular weight is 368 g/mol. The molecule has 0 saturated carbocycles. The molecule has 0 saturated heterocycles. The zero-order valence-corrected chi connectivity index (χ0v) is 13.2. The fourth-order valence-electron chi connectivity index (χ4n) is 1.47. The number of benzene rings is 1. The van der Waals surface area contributed by atoms with Crippen LogP contribution in [0.4, 0.5) is 0 Å². The molecule has 0 bridgehead atoms. The maximum Gasteiger partial charge on any atom is 0.297 e. The Morgan fingerprint density at radius 2 is 1.76 bits per heavy atom. The van der Waals surface area contributed by atoms with Crippen LogP contribution in [0.2, 0.25) is 0 Å². The van der Waals surface area contributed by atoms with Crippen molar-refractivity contribution in [3.63, 3.8) is 0 Å². The molecule has 0 radical (unpaired) electrons. The van der Waals surface area contributed by atoms with Crippen molar-refractivity contribution in [1.82, 2.24) is 0 Å². The summed E-state index contributed by atoms with van der Waals surface area (Å²) in [4.78, 5) is 0.219. The highest BCUT2D eigenvalue weighted by atomic mass is 127.